The Morgan fingerprint density at radius 3 is 2.84 bits per heavy atom. The zero-order valence-corrected chi connectivity index (χ0v) is 15.4. The lowest BCUT2D eigenvalue weighted by Gasteiger charge is -2.40. The van der Waals surface area contributed by atoms with E-state index in [0.29, 0.717) is 23.7 Å². The fourth-order valence-corrected chi connectivity index (χ4v) is 3.83. The number of aryl methyl sites for hydroxylation is 1. The number of amides is 1. The number of aromatic amines is 1. The minimum atomic E-state index is -0.300. The van der Waals surface area contributed by atoms with E-state index in [2.05, 4.69) is 31.1 Å². The molecule has 1 aliphatic heterocycles. The summed E-state index contributed by atoms with van der Waals surface area (Å²) in [6.07, 6.45) is 2.22. The standard InChI is InChI=1S/C20H27FN2O2/c1-12-8-14(21)9-16-15(12)10-17(23-16)19(24)22-11-13-6-5-7-25-18(13)20(2,3)4/h8-10,13,18,23H,5-7,11H2,1-4H3,(H,22,24). The Balaban J connectivity index is 1.71. The third kappa shape index (κ3) is 3.87. The average molecular weight is 346 g/mol. The fourth-order valence-electron chi connectivity index (χ4n) is 3.83. The number of halogens is 1. The maximum absolute atomic E-state index is 13.5. The number of hydrogen-bond donors (Lipinski definition) is 2. The topological polar surface area (TPSA) is 54.1 Å². The van der Waals surface area contributed by atoms with Crippen LogP contribution < -0.4 is 5.32 Å². The molecule has 2 heterocycles. The molecule has 1 saturated heterocycles. The van der Waals surface area contributed by atoms with E-state index in [1.54, 1.807) is 6.07 Å². The van der Waals surface area contributed by atoms with Gasteiger partial charge in [-0.15, -0.1) is 0 Å². The zero-order chi connectivity index (χ0) is 18.2. The van der Waals surface area contributed by atoms with Crippen molar-refractivity contribution >= 4 is 16.8 Å². The van der Waals surface area contributed by atoms with Crippen molar-refractivity contribution < 1.29 is 13.9 Å². The van der Waals surface area contributed by atoms with Crippen molar-refractivity contribution in [2.45, 2.75) is 46.6 Å². The second-order valence-electron chi connectivity index (χ2n) is 8.14. The van der Waals surface area contributed by atoms with Crippen LogP contribution in [-0.4, -0.2) is 30.1 Å². The molecule has 2 N–H and O–H groups in total. The van der Waals surface area contributed by atoms with Gasteiger partial charge >= 0.3 is 0 Å². The molecule has 1 aromatic heterocycles. The number of hydrogen-bond acceptors (Lipinski definition) is 2. The van der Waals surface area contributed by atoms with E-state index in [1.807, 2.05) is 6.92 Å². The predicted molar refractivity (Wildman–Crippen MR) is 97.2 cm³/mol. The van der Waals surface area contributed by atoms with Crippen LogP contribution in [0.15, 0.2) is 18.2 Å². The molecule has 5 heteroatoms. The first kappa shape index (κ1) is 17.9. The largest absolute Gasteiger partial charge is 0.377 e. The van der Waals surface area contributed by atoms with Crippen LogP contribution >= 0.6 is 0 Å². The second-order valence-corrected chi connectivity index (χ2v) is 8.14. The quantitative estimate of drug-likeness (QED) is 0.876. The van der Waals surface area contributed by atoms with Gasteiger partial charge in [0.05, 0.1) is 6.10 Å². The number of aromatic nitrogens is 1. The average Bonchev–Trinajstić information content (AvgIpc) is 2.96. The van der Waals surface area contributed by atoms with Gasteiger partial charge < -0.3 is 15.0 Å². The summed E-state index contributed by atoms with van der Waals surface area (Å²) in [5.74, 6) is -0.151. The molecular formula is C20H27FN2O2. The summed E-state index contributed by atoms with van der Waals surface area (Å²) >= 11 is 0. The number of ether oxygens (including phenoxy) is 1. The highest BCUT2D eigenvalue weighted by atomic mass is 19.1. The molecule has 4 nitrogen and oxygen atoms in total. The summed E-state index contributed by atoms with van der Waals surface area (Å²) in [6, 6.07) is 4.69. The highest BCUT2D eigenvalue weighted by Crippen LogP contribution is 2.33. The van der Waals surface area contributed by atoms with E-state index in [4.69, 9.17) is 4.74 Å². The van der Waals surface area contributed by atoms with Gasteiger partial charge in [-0.05, 0) is 48.9 Å². The van der Waals surface area contributed by atoms with Crippen LogP contribution in [0, 0.1) is 24.1 Å². The van der Waals surface area contributed by atoms with Gasteiger partial charge in [0.1, 0.15) is 11.5 Å². The number of H-pyrrole nitrogens is 1. The Kier molecular flexibility index (Phi) is 4.87. The number of nitrogens with one attached hydrogen (secondary N) is 2. The highest BCUT2D eigenvalue weighted by Gasteiger charge is 2.35. The lowest BCUT2D eigenvalue weighted by Crippen LogP contribution is -2.45. The normalized spacial score (nSPS) is 21.5. The smallest absolute Gasteiger partial charge is 0.267 e. The zero-order valence-electron chi connectivity index (χ0n) is 15.4. The van der Waals surface area contributed by atoms with Gasteiger partial charge in [-0.2, -0.15) is 0 Å². The number of carbonyl (C=O) groups is 1. The fraction of sp³-hybridized carbons (Fsp3) is 0.550. The van der Waals surface area contributed by atoms with Crippen molar-refractivity contribution in [3.05, 3.63) is 35.3 Å². The number of rotatable bonds is 3. The third-order valence-electron chi connectivity index (χ3n) is 4.98. The van der Waals surface area contributed by atoms with Crippen LogP contribution in [0.2, 0.25) is 0 Å². The van der Waals surface area contributed by atoms with Gasteiger partial charge in [-0.25, -0.2) is 4.39 Å². The van der Waals surface area contributed by atoms with Crippen LogP contribution in [0.25, 0.3) is 10.9 Å². The lowest BCUT2D eigenvalue weighted by atomic mass is 9.78. The van der Waals surface area contributed by atoms with Gasteiger partial charge in [-0.3, -0.25) is 4.79 Å². The second kappa shape index (κ2) is 6.79. The van der Waals surface area contributed by atoms with Crippen LogP contribution in [0.4, 0.5) is 4.39 Å². The van der Waals surface area contributed by atoms with Gasteiger partial charge in [0, 0.05) is 30.0 Å². The van der Waals surface area contributed by atoms with E-state index < -0.39 is 0 Å². The first-order valence-electron chi connectivity index (χ1n) is 8.94. The molecule has 0 saturated carbocycles. The van der Waals surface area contributed by atoms with Gasteiger partial charge in [0.15, 0.2) is 0 Å². The molecule has 136 valence electrons. The molecule has 1 aromatic carbocycles. The Hall–Kier alpha value is -1.88. The lowest BCUT2D eigenvalue weighted by molar-refractivity contribution is -0.0839. The molecule has 2 unspecified atom stereocenters. The highest BCUT2D eigenvalue weighted by molar-refractivity contribution is 5.98. The van der Waals surface area contributed by atoms with Gasteiger partial charge in [-0.1, -0.05) is 20.8 Å². The van der Waals surface area contributed by atoms with E-state index in [1.165, 1.54) is 12.1 Å². The third-order valence-corrected chi connectivity index (χ3v) is 4.98. The van der Waals surface area contributed by atoms with Crippen LogP contribution in [0.5, 0.6) is 0 Å². The molecule has 0 spiro atoms. The molecule has 25 heavy (non-hydrogen) atoms. The molecule has 1 aliphatic rings. The van der Waals surface area contributed by atoms with Crippen molar-refractivity contribution in [1.29, 1.82) is 0 Å². The Morgan fingerprint density at radius 2 is 2.12 bits per heavy atom. The van der Waals surface area contributed by atoms with Crippen molar-refractivity contribution in [3.8, 4) is 0 Å². The molecule has 0 aliphatic carbocycles. The maximum Gasteiger partial charge on any atom is 0.267 e. The van der Waals surface area contributed by atoms with Crippen molar-refractivity contribution in [2.24, 2.45) is 11.3 Å². The molecule has 0 bridgehead atoms. The molecule has 1 amide bonds. The first-order valence-corrected chi connectivity index (χ1v) is 8.94. The summed E-state index contributed by atoms with van der Waals surface area (Å²) < 4.78 is 19.5. The van der Waals surface area contributed by atoms with E-state index in [-0.39, 0.29) is 23.2 Å². The molecule has 0 radical (unpaired) electrons. The predicted octanol–water partition coefficient (Wildman–Crippen LogP) is 4.19. The molecule has 3 rings (SSSR count). The summed E-state index contributed by atoms with van der Waals surface area (Å²) in [4.78, 5) is 15.6. The van der Waals surface area contributed by atoms with E-state index in [9.17, 15) is 9.18 Å². The molecule has 1 fully saturated rings. The van der Waals surface area contributed by atoms with E-state index >= 15 is 0 Å². The number of benzene rings is 1. The van der Waals surface area contributed by atoms with Crippen molar-refractivity contribution in [2.75, 3.05) is 13.2 Å². The van der Waals surface area contributed by atoms with Gasteiger partial charge in [0.25, 0.3) is 5.91 Å². The van der Waals surface area contributed by atoms with Crippen LogP contribution in [0.1, 0.15) is 49.7 Å². The Morgan fingerprint density at radius 1 is 1.36 bits per heavy atom. The van der Waals surface area contributed by atoms with Crippen LogP contribution in [-0.2, 0) is 4.74 Å². The van der Waals surface area contributed by atoms with Crippen molar-refractivity contribution in [3.63, 3.8) is 0 Å². The molecular weight excluding hydrogens is 319 g/mol. The first-order chi connectivity index (χ1) is 11.8. The summed E-state index contributed by atoms with van der Waals surface area (Å²) in [6.45, 7) is 9.74. The Labute approximate surface area is 148 Å². The number of carbonyl (C=O) groups excluding carboxylic acids is 1. The maximum atomic E-state index is 13.5. The Bertz CT molecular complexity index is 776. The monoisotopic (exact) mass is 346 g/mol. The minimum Gasteiger partial charge on any atom is -0.377 e. The van der Waals surface area contributed by atoms with Gasteiger partial charge in [0.2, 0.25) is 0 Å². The molecule has 2 atom stereocenters. The van der Waals surface area contributed by atoms with E-state index in [0.717, 1.165) is 30.4 Å². The minimum absolute atomic E-state index is 0.0472. The summed E-state index contributed by atoms with van der Waals surface area (Å²) in [7, 11) is 0. The van der Waals surface area contributed by atoms with Crippen LogP contribution in [0.3, 0.4) is 0 Å². The summed E-state index contributed by atoms with van der Waals surface area (Å²) in [5, 5.41) is 3.90. The summed E-state index contributed by atoms with van der Waals surface area (Å²) in [5.41, 5.74) is 1.98. The van der Waals surface area contributed by atoms with Crippen molar-refractivity contribution in [1.82, 2.24) is 10.3 Å². The SMILES string of the molecule is Cc1cc(F)cc2[nH]c(C(=O)NCC3CCCOC3C(C)(C)C)cc12. The molecule has 2 aromatic rings. The number of fused-ring (bicyclic) bond motifs is 1.